The predicted octanol–water partition coefficient (Wildman–Crippen LogP) is 2.12. The fourth-order valence-electron chi connectivity index (χ4n) is 1.89. The molecule has 2 rings (SSSR count). The second-order valence-corrected chi connectivity index (χ2v) is 5.38. The van der Waals surface area contributed by atoms with Crippen LogP contribution in [0.2, 0.25) is 0 Å². The van der Waals surface area contributed by atoms with E-state index in [1.807, 2.05) is 45.0 Å². The highest BCUT2D eigenvalue weighted by molar-refractivity contribution is 5.30. The predicted molar refractivity (Wildman–Crippen MR) is 72.1 cm³/mol. The largest absolute Gasteiger partial charge is 0.497 e. The first kappa shape index (κ1) is 13.5. The summed E-state index contributed by atoms with van der Waals surface area (Å²) in [6.07, 6.45) is 0.667. The van der Waals surface area contributed by atoms with Crippen molar-refractivity contribution in [3.05, 3.63) is 42.0 Å². The minimum absolute atomic E-state index is 0.223. The Balaban J connectivity index is 2.33. The molecule has 0 radical (unpaired) electrons. The molecule has 0 aliphatic rings. The quantitative estimate of drug-likeness (QED) is 0.919. The summed E-state index contributed by atoms with van der Waals surface area (Å²) >= 11 is 0. The molecule has 1 N–H and O–H groups in total. The van der Waals surface area contributed by atoms with E-state index < -0.39 is 6.10 Å². The number of methoxy groups -OCH3 is 1. The highest BCUT2D eigenvalue weighted by Crippen LogP contribution is 2.25. The van der Waals surface area contributed by atoms with Gasteiger partial charge in [-0.2, -0.15) is 5.10 Å². The van der Waals surface area contributed by atoms with Crippen molar-refractivity contribution < 1.29 is 9.84 Å². The lowest BCUT2D eigenvalue weighted by Gasteiger charge is -2.23. The van der Waals surface area contributed by atoms with Crippen LogP contribution in [-0.2, 0) is 5.54 Å². The lowest BCUT2D eigenvalue weighted by atomic mass is 10.1. The van der Waals surface area contributed by atoms with Crippen LogP contribution >= 0.6 is 0 Å². The molecule has 2 aromatic rings. The molecular weight excluding hydrogens is 242 g/mol. The van der Waals surface area contributed by atoms with Gasteiger partial charge in [-0.3, -0.25) is 0 Å². The summed E-state index contributed by atoms with van der Waals surface area (Å²) in [7, 11) is 1.61. The molecule has 1 atom stereocenters. The van der Waals surface area contributed by atoms with E-state index in [1.165, 1.54) is 6.33 Å². The Kier molecular flexibility index (Phi) is 3.57. The maximum Gasteiger partial charge on any atom is 0.160 e. The van der Waals surface area contributed by atoms with Crippen LogP contribution in [0.3, 0.4) is 0 Å². The van der Waals surface area contributed by atoms with Gasteiger partial charge in [0.05, 0.1) is 12.6 Å². The molecular formula is C14H19N3O2. The zero-order chi connectivity index (χ0) is 14.0. The minimum atomic E-state index is -0.798. The molecule has 5 heteroatoms. The lowest BCUT2D eigenvalue weighted by Crippen LogP contribution is -2.27. The van der Waals surface area contributed by atoms with Gasteiger partial charge in [0.1, 0.15) is 18.2 Å². The standard InChI is InChI=1S/C14H19N3O2/c1-14(2,3)17-13(15-9-16-17)12(18)10-5-7-11(19-4)8-6-10/h5-9,12,18H,1-4H3. The number of ether oxygens (including phenoxy) is 1. The highest BCUT2D eigenvalue weighted by atomic mass is 16.5. The second kappa shape index (κ2) is 5.01. The van der Waals surface area contributed by atoms with E-state index in [1.54, 1.807) is 11.8 Å². The Morgan fingerprint density at radius 2 is 1.84 bits per heavy atom. The first-order valence-corrected chi connectivity index (χ1v) is 6.16. The van der Waals surface area contributed by atoms with Crippen LogP contribution in [0, 0.1) is 0 Å². The van der Waals surface area contributed by atoms with Gasteiger partial charge in [-0.15, -0.1) is 0 Å². The third kappa shape index (κ3) is 2.76. The van der Waals surface area contributed by atoms with Crippen LogP contribution in [0.1, 0.15) is 38.3 Å². The maximum absolute atomic E-state index is 10.4. The van der Waals surface area contributed by atoms with Crippen molar-refractivity contribution in [1.29, 1.82) is 0 Å². The number of hydrogen-bond donors (Lipinski definition) is 1. The van der Waals surface area contributed by atoms with Gasteiger partial charge in [-0.1, -0.05) is 12.1 Å². The van der Waals surface area contributed by atoms with Crippen molar-refractivity contribution in [2.75, 3.05) is 7.11 Å². The Morgan fingerprint density at radius 3 is 2.37 bits per heavy atom. The van der Waals surface area contributed by atoms with Crippen LogP contribution < -0.4 is 4.74 Å². The van der Waals surface area contributed by atoms with Crippen molar-refractivity contribution >= 4 is 0 Å². The zero-order valence-electron chi connectivity index (χ0n) is 11.7. The van der Waals surface area contributed by atoms with Crippen molar-refractivity contribution in [2.45, 2.75) is 32.4 Å². The fraction of sp³-hybridized carbons (Fsp3) is 0.429. The van der Waals surface area contributed by atoms with Gasteiger partial charge in [0.15, 0.2) is 5.82 Å². The molecule has 102 valence electrons. The molecule has 1 heterocycles. The molecule has 0 spiro atoms. The molecule has 0 amide bonds. The summed E-state index contributed by atoms with van der Waals surface area (Å²) in [5.74, 6) is 1.30. The highest BCUT2D eigenvalue weighted by Gasteiger charge is 2.24. The summed E-state index contributed by atoms with van der Waals surface area (Å²) < 4.78 is 6.84. The monoisotopic (exact) mass is 261 g/mol. The molecule has 0 saturated carbocycles. The molecule has 0 aliphatic carbocycles. The first-order valence-electron chi connectivity index (χ1n) is 6.16. The van der Waals surface area contributed by atoms with Crippen molar-refractivity contribution in [3.8, 4) is 5.75 Å². The zero-order valence-corrected chi connectivity index (χ0v) is 11.7. The van der Waals surface area contributed by atoms with Gasteiger partial charge in [0.2, 0.25) is 0 Å². The van der Waals surface area contributed by atoms with Crippen LogP contribution in [0.5, 0.6) is 5.75 Å². The number of aliphatic hydroxyl groups is 1. The SMILES string of the molecule is COc1ccc(C(O)c2ncnn2C(C)(C)C)cc1. The van der Waals surface area contributed by atoms with E-state index in [4.69, 9.17) is 4.74 Å². The molecule has 0 saturated heterocycles. The van der Waals surface area contributed by atoms with E-state index in [0.717, 1.165) is 11.3 Å². The Hall–Kier alpha value is -1.88. The molecule has 0 bridgehead atoms. The molecule has 0 aliphatic heterocycles. The number of aliphatic hydroxyl groups excluding tert-OH is 1. The summed E-state index contributed by atoms with van der Waals surface area (Å²) in [4.78, 5) is 4.17. The fourth-order valence-corrected chi connectivity index (χ4v) is 1.89. The summed E-state index contributed by atoms with van der Waals surface area (Å²) in [6.45, 7) is 6.06. The maximum atomic E-state index is 10.4. The second-order valence-electron chi connectivity index (χ2n) is 5.38. The van der Waals surface area contributed by atoms with E-state index in [9.17, 15) is 5.11 Å². The Morgan fingerprint density at radius 1 is 1.21 bits per heavy atom. The van der Waals surface area contributed by atoms with Crippen LogP contribution in [0.4, 0.5) is 0 Å². The van der Waals surface area contributed by atoms with Gasteiger partial charge >= 0.3 is 0 Å². The van der Waals surface area contributed by atoms with Crippen molar-refractivity contribution in [2.24, 2.45) is 0 Å². The van der Waals surface area contributed by atoms with Gasteiger partial charge in [0.25, 0.3) is 0 Å². The lowest BCUT2D eigenvalue weighted by molar-refractivity contribution is 0.189. The summed E-state index contributed by atoms with van der Waals surface area (Å²) in [5.41, 5.74) is 0.540. The summed E-state index contributed by atoms with van der Waals surface area (Å²) in [6, 6.07) is 7.28. The molecule has 1 aromatic carbocycles. The van der Waals surface area contributed by atoms with Crippen LogP contribution in [-0.4, -0.2) is 27.0 Å². The first-order chi connectivity index (χ1) is 8.93. The molecule has 1 aromatic heterocycles. The Bertz CT molecular complexity index is 541. The average molecular weight is 261 g/mol. The smallest absolute Gasteiger partial charge is 0.160 e. The minimum Gasteiger partial charge on any atom is -0.497 e. The normalized spacial score (nSPS) is 13.3. The number of aromatic nitrogens is 3. The third-order valence-electron chi connectivity index (χ3n) is 2.89. The molecule has 1 unspecified atom stereocenters. The van der Waals surface area contributed by atoms with Crippen molar-refractivity contribution in [3.63, 3.8) is 0 Å². The number of rotatable bonds is 3. The van der Waals surface area contributed by atoms with Gasteiger partial charge < -0.3 is 9.84 Å². The van der Waals surface area contributed by atoms with E-state index >= 15 is 0 Å². The number of nitrogens with zero attached hydrogens (tertiary/aromatic N) is 3. The van der Waals surface area contributed by atoms with E-state index in [-0.39, 0.29) is 5.54 Å². The number of hydrogen-bond acceptors (Lipinski definition) is 4. The van der Waals surface area contributed by atoms with Gasteiger partial charge in [0, 0.05) is 0 Å². The van der Waals surface area contributed by atoms with Gasteiger partial charge in [-0.25, -0.2) is 9.67 Å². The van der Waals surface area contributed by atoms with E-state index in [0.29, 0.717) is 5.82 Å². The number of benzene rings is 1. The molecule has 0 fully saturated rings. The molecule has 19 heavy (non-hydrogen) atoms. The average Bonchev–Trinajstić information content (AvgIpc) is 2.87. The Labute approximate surface area is 112 Å². The summed E-state index contributed by atoms with van der Waals surface area (Å²) in [5, 5.41) is 14.6. The molecule has 5 nitrogen and oxygen atoms in total. The third-order valence-corrected chi connectivity index (χ3v) is 2.89. The van der Waals surface area contributed by atoms with Crippen molar-refractivity contribution in [1.82, 2.24) is 14.8 Å². The van der Waals surface area contributed by atoms with Crippen LogP contribution in [0.25, 0.3) is 0 Å². The van der Waals surface area contributed by atoms with E-state index in [2.05, 4.69) is 10.1 Å². The van der Waals surface area contributed by atoms with Gasteiger partial charge in [-0.05, 0) is 38.5 Å². The topological polar surface area (TPSA) is 60.2 Å². The van der Waals surface area contributed by atoms with Crippen LogP contribution in [0.15, 0.2) is 30.6 Å².